The predicted molar refractivity (Wildman–Crippen MR) is 52.6 cm³/mol. The summed E-state index contributed by atoms with van der Waals surface area (Å²) in [7, 11) is 0. The highest BCUT2D eigenvalue weighted by molar-refractivity contribution is 7.10. The van der Waals surface area contributed by atoms with Gasteiger partial charge in [0.05, 0.1) is 11.2 Å². The van der Waals surface area contributed by atoms with Crippen LogP contribution in [0.4, 0.5) is 0 Å². The molecule has 0 N–H and O–H groups in total. The van der Waals surface area contributed by atoms with Gasteiger partial charge in [-0.3, -0.25) is 0 Å². The Morgan fingerprint density at radius 3 is 3.00 bits per heavy atom. The van der Waals surface area contributed by atoms with Crippen LogP contribution in [0, 0.1) is 18.3 Å². The molecule has 0 saturated carbocycles. The summed E-state index contributed by atoms with van der Waals surface area (Å²) in [4.78, 5) is 12.9. The Kier molecular flexibility index (Phi) is 2.21. The molecule has 2 heterocycles. The maximum absolute atomic E-state index is 8.81. The summed E-state index contributed by atoms with van der Waals surface area (Å²) in [6.45, 7) is 1.81. The van der Waals surface area contributed by atoms with Gasteiger partial charge < -0.3 is 0 Å². The minimum absolute atomic E-state index is 0.586. The molecule has 0 saturated heterocycles. The van der Waals surface area contributed by atoms with Gasteiger partial charge in [-0.1, -0.05) is 0 Å². The molecule has 0 aromatic carbocycles. The molecule has 0 aliphatic rings. The van der Waals surface area contributed by atoms with Crippen LogP contribution >= 0.6 is 11.3 Å². The fourth-order valence-electron chi connectivity index (χ4n) is 1.10. The lowest BCUT2D eigenvalue weighted by atomic mass is 10.3. The van der Waals surface area contributed by atoms with Gasteiger partial charge in [-0.2, -0.15) is 5.26 Å². The minimum Gasteiger partial charge on any atom is -0.242 e. The molecule has 68 valence electrons. The second kappa shape index (κ2) is 3.52. The summed E-state index contributed by atoms with van der Waals surface area (Å²) in [5.41, 5.74) is 2.99. The van der Waals surface area contributed by atoms with Crippen LogP contribution in [-0.2, 0) is 0 Å². The van der Waals surface area contributed by atoms with Gasteiger partial charge in [-0.15, -0.1) is 11.3 Å². The highest BCUT2D eigenvalue weighted by atomic mass is 32.1. The summed E-state index contributed by atoms with van der Waals surface area (Å²) < 4.78 is 0. The van der Waals surface area contributed by atoms with E-state index in [9.17, 15) is 0 Å². The van der Waals surface area contributed by atoms with E-state index in [1.807, 2.05) is 6.92 Å². The maximum Gasteiger partial charge on any atom is 0.134 e. The van der Waals surface area contributed by atoms with Gasteiger partial charge in [0.1, 0.15) is 22.5 Å². The fraction of sp³-hybridized carbons (Fsp3) is 0.111. The third-order valence-electron chi connectivity index (χ3n) is 1.69. The number of nitrogens with zero attached hydrogens (tertiary/aromatic N) is 4. The highest BCUT2D eigenvalue weighted by Crippen LogP contribution is 2.22. The Bertz CT molecular complexity index is 498. The van der Waals surface area contributed by atoms with Gasteiger partial charge in [-0.25, -0.2) is 15.0 Å². The largest absolute Gasteiger partial charge is 0.242 e. The molecule has 2 aromatic rings. The second-order valence-corrected chi connectivity index (χ2v) is 3.49. The summed E-state index contributed by atoms with van der Waals surface area (Å²) >= 11 is 1.32. The molecular formula is C9H6N4S. The zero-order valence-electron chi connectivity index (χ0n) is 7.43. The lowest BCUT2D eigenvalue weighted by molar-refractivity contribution is 1.05. The number of hydrogen-bond acceptors (Lipinski definition) is 5. The molecule has 4 nitrogen and oxygen atoms in total. The van der Waals surface area contributed by atoms with Crippen molar-refractivity contribution in [1.29, 1.82) is 5.26 Å². The topological polar surface area (TPSA) is 62.5 Å². The predicted octanol–water partition coefficient (Wildman–Crippen LogP) is 1.78. The van der Waals surface area contributed by atoms with Crippen molar-refractivity contribution in [2.45, 2.75) is 6.92 Å². The standard InChI is InChI=1S/C9H6N4S/c1-6-11-3-2-7(13-6)9-8(4-10)14-5-12-9/h2-3,5H,1H3. The number of aromatic nitrogens is 3. The van der Waals surface area contributed by atoms with E-state index < -0.39 is 0 Å². The Balaban J connectivity index is 2.56. The molecule has 0 radical (unpaired) electrons. The van der Waals surface area contributed by atoms with E-state index in [1.54, 1.807) is 17.8 Å². The number of aryl methyl sites for hydroxylation is 1. The lowest BCUT2D eigenvalue weighted by Crippen LogP contribution is -1.90. The van der Waals surface area contributed by atoms with Crippen molar-refractivity contribution >= 4 is 11.3 Å². The quantitative estimate of drug-likeness (QED) is 0.707. The Morgan fingerprint density at radius 1 is 1.43 bits per heavy atom. The van der Waals surface area contributed by atoms with Crippen molar-refractivity contribution in [1.82, 2.24) is 15.0 Å². The third-order valence-corrected chi connectivity index (χ3v) is 2.42. The molecule has 0 bridgehead atoms. The van der Waals surface area contributed by atoms with Crippen molar-refractivity contribution in [2.24, 2.45) is 0 Å². The Hall–Kier alpha value is -1.80. The molecular weight excluding hydrogens is 196 g/mol. The van der Waals surface area contributed by atoms with Crippen LogP contribution in [0.3, 0.4) is 0 Å². The molecule has 14 heavy (non-hydrogen) atoms. The van der Waals surface area contributed by atoms with Crippen LogP contribution in [0.5, 0.6) is 0 Å². The number of hydrogen-bond donors (Lipinski definition) is 0. The normalized spacial score (nSPS) is 9.71. The van der Waals surface area contributed by atoms with Crippen molar-refractivity contribution < 1.29 is 0 Å². The highest BCUT2D eigenvalue weighted by Gasteiger charge is 2.09. The van der Waals surface area contributed by atoms with Crippen LogP contribution < -0.4 is 0 Å². The van der Waals surface area contributed by atoms with E-state index in [0.717, 1.165) is 0 Å². The Morgan fingerprint density at radius 2 is 2.29 bits per heavy atom. The first-order valence-corrected chi connectivity index (χ1v) is 4.83. The van der Waals surface area contributed by atoms with E-state index in [-0.39, 0.29) is 0 Å². The smallest absolute Gasteiger partial charge is 0.134 e. The number of thiazole rings is 1. The second-order valence-electron chi connectivity index (χ2n) is 2.63. The van der Waals surface area contributed by atoms with E-state index in [1.165, 1.54) is 11.3 Å². The van der Waals surface area contributed by atoms with Gasteiger partial charge in [0.25, 0.3) is 0 Å². The van der Waals surface area contributed by atoms with E-state index >= 15 is 0 Å². The summed E-state index contributed by atoms with van der Waals surface area (Å²) in [5.74, 6) is 0.680. The zero-order chi connectivity index (χ0) is 9.97. The van der Waals surface area contributed by atoms with Crippen molar-refractivity contribution in [3.63, 3.8) is 0 Å². The summed E-state index contributed by atoms with van der Waals surface area (Å²) in [6, 6.07) is 3.84. The van der Waals surface area contributed by atoms with Gasteiger partial charge in [0, 0.05) is 6.20 Å². The molecule has 5 heteroatoms. The third kappa shape index (κ3) is 1.47. The van der Waals surface area contributed by atoms with Crippen molar-refractivity contribution in [2.75, 3.05) is 0 Å². The van der Waals surface area contributed by atoms with E-state index in [0.29, 0.717) is 22.1 Å². The number of rotatable bonds is 1. The monoisotopic (exact) mass is 202 g/mol. The first-order valence-electron chi connectivity index (χ1n) is 3.95. The average Bonchev–Trinajstić information content (AvgIpc) is 2.65. The first kappa shape index (κ1) is 8.78. The van der Waals surface area contributed by atoms with Gasteiger partial charge in [-0.05, 0) is 13.0 Å². The van der Waals surface area contributed by atoms with E-state index in [2.05, 4.69) is 21.0 Å². The summed E-state index contributed by atoms with van der Waals surface area (Å²) in [6.07, 6.45) is 1.66. The maximum atomic E-state index is 8.81. The number of nitriles is 1. The zero-order valence-corrected chi connectivity index (χ0v) is 8.25. The molecule has 0 amide bonds. The van der Waals surface area contributed by atoms with Crippen molar-refractivity contribution in [3.05, 3.63) is 28.5 Å². The van der Waals surface area contributed by atoms with Gasteiger partial charge in [0.15, 0.2) is 0 Å². The Labute approximate surface area is 84.9 Å². The van der Waals surface area contributed by atoms with Crippen LogP contribution in [0.2, 0.25) is 0 Å². The SMILES string of the molecule is Cc1nccc(-c2ncsc2C#N)n1. The summed E-state index contributed by atoms with van der Waals surface area (Å²) in [5, 5.41) is 8.81. The molecule has 2 rings (SSSR count). The van der Waals surface area contributed by atoms with Crippen LogP contribution in [0.1, 0.15) is 10.7 Å². The van der Waals surface area contributed by atoms with Crippen LogP contribution in [-0.4, -0.2) is 15.0 Å². The first-order chi connectivity index (χ1) is 6.81. The van der Waals surface area contributed by atoms with Crippen LogP contribution in [0.25, 0.3) is 11.4 Å². The molecule has 0 unspecified atom stereocenters. The molecule has 0 atom stereocenters. The average molecular weight is 202 g/mol. The molecule has 2 aromatic heterocycles. The van der Waals surface area contributed by atoms with Gasteiger partial charge >= 0.3 is 0 Å². The van der Waals surface area contributed by atoms with E-state index in [4.69, 9.17) is 5.26 Å². The molecule has 0 aliphatic heterocycles. The van der Waals surface area contributed by atoms with Crippen molar-refractivity contribution in [3.8, 4) is 17.5 Å². The minimum atomic E-state index is 0.586. The fourth-order valence-corrected chi connectivity index (χ4v) is 1.68. The lowest BCUT2D eigenvalue weighted by Gasteiger charge is -1.96. The molecule has 0 aliphatic carbocycles. The molecule has 0 spiro atoms. The van der Waals surface area contributed by atoms with Crippen LogP contribution in [0.15, 0.2) is 17.8 Å². The molecule has 0 fully saturated rings. The van der Waals surface area contributed by atoms with Gasteiger partial charge in [0.2, 0.25) is 0 Å².